The first-order valence-electron chi connectivity index (χ1n) is 5.50. The lowest BCUT2D eigenvalue weighted by Gasteiger charge is -2.37. The third-order valence-corrected chi connectivity index (χ3v) is 5.69. The number of aliphatic carboxylic acids is 1. The van der Waals surface area contributed by atoms with Crippen molar-refractivity contribution in [2.75, 3.05) is 25.1 Å². The molecule has 0 saturated carbocycles. The summed E-state index contributed by atoms with van der Waals surface area (Å²) in [6.07, 6.45) is 1.79. The summed E-state index contributed by atoms with van der Waals surface area (Å²) in [4.78, 5) is 13.1. The number of likely N-dealkylation sites (N-methyl/N-ethyl adjacent to an activating group) is 1. The molecule has 1 atom stereocenters. The quantitative estimate of drug-likeness (QED) is 0.704. The van der Waals surface area contributed by atoms with Crippen LogP contribution in [0.5, 0.6) is 0 Å². The molecule has 1 spiro atoms. The van der Waals surface area contributed by atoms with Gasteiger partial charge in [-0.15, -0.1) is 0 Å². The molecule has 6 heteroatoms. The highest BCUT2D eigenvalue weighted by molar-refractivity contribution is 7.91. The maximum atomic E-state index is 11.4. The van der Waals surface area contributed by atoms with E-state index in [1.165, 1.54) is 0 Å². The number of hydrogen-bond donors (Lipinski definition) is 1. The van der Waals surface area contributed by atoms with E-state index in [1.807, 2.05) is 4.90 Å². The Morgan fingerprint density at radius 2 is 1.88 bits per heavy atom. The van der Waals surface area contributed by atoms with Gasteiger partial charge in [-0.2, -0.15) is 0 Å². The van der Waals surface area contributed by atoms with Crippen LogP contribution < -0.4 is 0 Å². The number of carbonyl (C=O) groups is 1. The second-order valence-electron chi connectivity index (χ2n) is 4.99. The van der Waals surface area contributed by atoms with Crippen molar-refractivity contribution in [3.63, 3.8) is 0 Å². The molecule has 0 aromatic heterocycles. The topological polar surface area (TPSA) is 74.7 Å². The minimum absolute atomic E-state index is 0.143. The first kappa shape index (κ1) is 11.9. The monoisotopic (exact) mass is 247 g/mol. The second kappa shape index (κ2) is 3.70. The van der Waals surface area contributed by atoms with Crippen molar-refractivity contribution in [3.05, 3.63) is 0 Å². The first-order valence-corrected chi connectivity index (χ1v) is 7.32. The Kier molecular flexibility index (Phi) is 2.74. The molecular formula is C10H17NO4S. The molecule has 2 saturated heterocycles. The van der Waals surface area contributed by atoms with E-state index in [9.17, 15) is 18.3 Å². The minimum atomic E-state index is -2.92. The van der Waals surface area contributed by atoms with Gasteiger partial charge in [0.05, 0.1) is 11.5 Å². The van der Waals surface area contributed by atoms with Crippen molar-refractivity contribution in [3.8, 4) is 0 Å². The van der Waals surface area contributed by atoms with Crippen LogP contribution in [0.2, 0.25) is 0 Å². The van der Waals surface area contributed by atoms with Crippen LogP contribution >= 0.6 is 0 Å². The molecule has 0 aromatic rings. The van der Waals surface area contributed by atoms with Crippen molar-refractivity contribution < 1.29 is 18.3 Å². The van der Waals surface area contributed by atoms with Gasteiger partial charge in [0, 0.05) is 0 Å². The average Bonchev–Trinajstić information content (AvgIpc) is 2.50. The van der Waals surface area contributed by atoms with Crippen LogP contribution in [0.4, 0.5) is 0 Å². The van der Waals surface area contributed by atoms with Crippen LogP contribution in [0.15, 0.2) is 0 Å². The standard InChI is InChI=1S/C10H17NO4S/c1-11-5-2-10(8(11)9(12)13)3-6-16(14,15)7-4-10/h8H,2-7H2,1H3,(H,12,13). The second-order valence-corrected chi connectivity index (χ2v) is 7.29. The summed E-state index contributed by atoms with van der Waals surface area (Å²) in [6, 6.07) is -0.511. The lowest BCUT2D eigenvalue weighted by Crippen LogP contribution is -2.47. The molecule has 0 aliphatic carbocycles. The number of rotatable bonds is 1. The van der Waals surface area contributed by atoms with E-state index in [-0.39, 0.29) is 16.9 Å². The smallest absolute Gasteiger partial charge is 0.321 e. The highest BCUT2D eigenvalue weighted by Gasteiger charge is 2.52. The van der Waals surface area contributed by atoms with Gasteiger partial charge in [0.1, 0.15) is 15.9 Å². The number of sulfone groups is 1. The van der Waals surface area contributed by atoms with Crippen LogP contribution in [0.25, 0.3) is 0 Å². The lowest BCUT2D eigenvalue weighted by molar-refractivity contribution is -0.145. The van der Waals surface area contributed by atoms with Gasteiger partial charge in [0.2, 0.25) is 0 Å². The van der Waals surface area contributed by atoms with Gasteiger partial charge in [0.15, 0.2) is 0 Å². The lowest BCUT2D eigenvalue weighted by atomic mass is 9.75. The molecule has 92 valence electrons. The molecule has 0 amide bonds. The molecule has 0 aromatic carbocycles. The molecule has 2 fully saturated rings. The molecule has 16 heavy (non-hydrogen) atoms. The molecule has 1 N–H and O–H groups in total. The van der Waals surface area contributed by atoms with Gasteiger partial charge in [-0.25, -0.2) is 8.42 Å². The van der Waals surface area contributed by atoms with E-state index >= 15 is 0 Å². The number of carboxylic acid groups (broad SMARTS) is 1. The normalized spacial score (nSPS) is 32.9. The van der Waals surface area contributed by atoms with Gasteiger partial charge < -0.3 is 5.11 Å². The van der Waals surface area contributed by atoms with E-state index in [2.05, 4.69) is 0 Å². The van der Waals surface area contributed by atoms with Crippen molar-refractivity contribution in [1.29, 1.82) is 0 Å². The Hall–Kier alpha value is -0.620. The highest BCUT2D eigenvalue weighted by atomic mass is 32.2. The molecule has 2 rings (SSSR count). The highest BCUT2D eigenvalue weighted by Crippen LogP contribution is 2.45. The summed E-state index contributed by atoms with van der Waals surface area (Å²) in [5.74, 6) is -0.533. The predicted molar refractivity (Wildman–Crippen MR) is 59.0 cm³/mol. The van der Waals surface area contributed by atoms with Gasteiger partial charge in [-0.1, -0.05) is 0 Å². The summed E-state index contributed by atoms with van der Waals surface area (Å²) in [7, 11) is -1.12. The maximum absolute atomic E-state index is 11.4. The average molecular weight is 247 g/mol. The van der Waals surface area contributed by atoms with Crippen molar-refractivity contribution in [2.24, 2.45) is 5.41 Å². The zero-order chi connectivity index (χ0) is 12.0. The van der Waals surface area contributed by atoms with E-state index in [0.717, 1.165) is 13.0 Å². The molecule has 0 radical (unpaired) electrons. The van der Waals surface area contributed by atoms with Crippen LogP contribution in [0.1, 0.15) is 19.3 Å². The molecule has 5 nitrogen and oxygen atoms in total. The van der Waals surface area contributed by atoms with Crippen LogP contribution in [-0.4, -0.2) is 55.5 Å². The third-order valence-electron chi connectivity index (χ3n) is 4.04. The van der Waals surface area contributed by atoms with Crippen molar-refractivity contribution in [2.45, 2.75) is 25.3 Å². The van der Waals surface area contributed by atoms with E-state index in [0.29, 0.717) is 12.8 Å². The molecule has 2 aliphatic rings. The Morgan fingerprint density at radius 3 is 2.38 bits per heavy atom. The SMILES string of the molecule is CN1CCC2(CCS(=O)(=O)CC2)C1C(=O)O. The third kappa shape index (κ3) is 1.84. The molecule has 0 bridgehead atoms. The van der Waals surface area contributed by atoms with Gasteiger partial charge in [-0.05, 0) is 38.3 Å². The maximum Gasteiger partial charge on any atom is 0.321 e. The Balaban J connectivity index is 2.23. The first-order chi connectivity index (χ1) is 7.36. The fourth-order valence-corrected chi connectivity index (χ4v) is 4.69. The number of hydrogen-bond acceptors (Lipinski definition) is 4. The summed E-state index contributed by atoms with van der Waals surface area (Å²) in [6.45, 7) is 0.747. The largest absolute Gasteiger partial charge is 0.480 e. The minimum Gasteiger partial charge on any atom is -0.480 e. The fraction of sp³-hybridized carbons (Fsp3) is 0.900. The van der Waals surface area contributed by atoms with Crippen molar-refractivity contribution in [1.82, 2.24) is 4.90 Å². The van der Waals surface area contributed by atoms with Crippen LogP contribution in [0, 0.1) is 5.41 Å². The van der Waals surface area contributed by atoms with Gasteiger partial charge >= 0.3 is 5.97 Å². The number of likely N-dealkylation sites (tertiary alicyclic amines) is 1. The zero-order valence-electron chi connectivity index (χ0n) is 9.35. The Morgan fingerprint density at radius 1 is 1.31 bits per heavy atom. The van der Waals surface area contributed by atoms with Crippen LogP contribution in [0.3, 0.4) is 0 Å². The zero-order valence-corrected chi connectivity index (χ0v) is 10.2. The van der Waals surface area contributed by atoms with E-state index < -0.39 is 21.8 Å². The van der Waals surface area contributed by atoms with Gasteiger partial charge in [0.25, 0.3) is 0 Å². The van der Waals surface area contributed by atoms with E-state index in [4.69, 9.17) is 0 Å². The molecule has 2 heterocycles. The summed E-state index contributed by atoms with van der Waals surface area (Å²) >= 11 is 0. The number of carboxylic acids is 1. The molecule has 1 unspecified atom stereocenters. The van der Waals surface area contributed by atoms with Crippen LogP contribution in [-0.2, 0) is 14.6 Å². The fourth-order valence-electron chi connectivity index (χ4n) is 3.05. The summed E-state index contributed by atoms with van der Waals surface area (Å²) < 4.78 is 22.8. The molecule has 2 aliphatic heterocycles. The predicted octanol–water partition coefficient (Wildman–Crippen LogP) is -0.0299. The number of nitrogens with zero attached hydrogens (tertiary/aromatic N) is 1. The van der Waals surface area contributed by atoms with Gasteiger partial charge in [-0.3, -0.25) is 9.69 Å². The Labute approximate surface area is 95.4 Å². The summed E-state index contributed by atoms with van der Waals surface area (Å²) in [5, 5.41) is 9.24. The molecular weight excluding hydrogens is 230 g/mol. The Bertz CT molecular complexity index is 389. The van der Waals surface area contributed by atoms with Crippen molar-refractivity contribution >= 4 is 15.8 Å². The summed E-state index contributed by atoms with van der Waals surface area (Å²) in [5.41, 5.74) is -0.314. The van der Waals surface area contributed by atoms with E-state index in [1.54, 1.807) is 7.05 Å².